The molecule has 30 heavy (non-hydrogen) atoms. The van der Waals surface area contributed by atoms with Gasteiger partial charge in [0.05, 0.1) is 22.3 Å². The highest BCUT2D eigenvalue weighted by Gasteiger charge is 2.13. The van der Waals surface area contributed by atoms with Crippen molar-refractivity contribution in [1.29, 1.82) is 0 Å². The molecule has 0 amide bonds. The molecular formula is C22H16O8. The van der Waals surface area contributed by atoms with Crippen LogP contribution in [0.2, 0.25) is 0 Å². The molecule has 0 saturated heterocycles. The molecule has 8 heteroatoms. The van der Waals surface area contributed by atoms with Crippen LogP contribution in [-0.4, -0.2) is 47.3 Å². The molecule has 0 aromatic heterocycles. The van der Waals surface area contributed by atoms with E-state index < -0.39 is 23.9 Å². The van der Waals surface area contributed by atoms with Crippen LogP contribution in [0.3, 0.4) is 0 Å². The van der Waals surface area contributed by atoms with Gasteiger partial charge in [0.25, 0.3) is 0 Å². The molecule has 0 saturated carbocycles. The molecule has 2 N–H and O–H groups in total. The fourth-order valence-electron chi connectivity index (χ4n) is 2.69. The zero-order valence-electron chi connectivity index (χ0n) is 15.5. The zero-order valence-corrected chi connectivity index (χ0v) is 15.5. The molecule has 3 heterocycles. The zero-order chi connectivity index (χ0) is 21.7. The Morgan fingerprint density at radius 1 is 0.633 bits per heavy atom. The summed E-state index contributed by atoms with van der Waals surface area (Å²) in [7, 11) is 0. The van der Waals surface area contributed by atoms with E-state index in [1.807, 2.05) is 0 Å². The number of esters is 2. The van der Waals surface area contributed by atoms with Crippen LogP contribution in [0, 0.1) is 0 Å². The Hall–Kier alpha value is -4.20. The third-order valence-corrected chi connectivity index (χ3v) is 4.24. The molecule has 0 unspecified atom stereocenters. The molecule has 0 radical (unpaired) electrons. The number of hydrogen-bond donors (Lipinski definition) is 2. The summed E-state index contributed by atoms with van der Waals surface area (Å²) in [6, 6.07) is 15.5. The number of hydrogen-bond acceptors (Lipinski definition) is 6. The number of aromatic carboxylic acids is 2. The van der Waals surface area contributed by atoms with E-state index in [2.05, 4.69) is 0 Å². The van der Waals surface area contributed by atoms with Gasteiger partial charge >= 0.3 is 23.9 Å². The van der Waals surface area contributed by atoms with Gasteiger partial charge in [0.15, 0.2) is 0 Å². The average Bonchev–Trinajstić information content (AvgIpc) is 2.75. The maximum atomic E-state index is 11.7. The number of fused-ring (bicyclic) bond motifs is 2. The van der Waals surface area contributed by atoms with Crippen molar-refractivity contribution in [1.82, 2.24) is 0 Å². The van der Waals surface area contributed by atoms with Crippen molar-refractivity contribution < 1.29 is 38.9 Å². The van der Waals surface area contributed by atoms with Gasteiger partial charge in [-0.1, -0.05) is 12.1 Å². The van der Waals surface area contributed by atoms with Crippen LogP contribution in [0.15, 0.2) is 60.7 Å². The molecular weight excluding hydrogens is 392 g/mol. The van der Waals surface area contributed by atoms with Crippen molar-refractivity contribution in [2.75, 3.05) is 13.2 Å². The molecule has 0 fully saturated rings. The van der Waals surface area contributed by atoms with E-state index >= 15 is 0 Å². The summed E-state index contributed by atoms with van der Waals surface area (Å²) in [5, 5.41) is 18.7. The van der Waals surface area contributed by atoms with E-state index in [9.17, 15) is 19.2 Å². The molecule has 152 valence electrons. The highest BCUT2D eigenvalue weighted by atomic mass is 16.6. The van der Waals surface area contributed by atoms with Crippen LogP contribution < -0.4 is 0 Å². The van der Waals surface area contributed by atoms with E-state index in [0.717, 1.165) is 10.8 Å². The minimum absolute atomic E-state index is 0.0681. The lowest BCUT2D eigenvalue weighted by molar-refractivity contribution is 0.0265. The fourth-order valence-corrected chi connectivity index (χ4v) is 2.69. The summed E-state index contributed by atoms with van der Waals surface area (Å²) in [6.07, 6.45) is 0. The highest BCUT2D eigenvalue weighted by molar-refractivity contribution is 5.99. The van der Waals surface area contributed by atoms with Gasteiger partial charge in [-0.25, -0.2) is 19.2 Å². The van der Waals surface area contributed by atoms with Gasteiger partial charge < -0.3 is 19.7 Å². The summed E-state index contributed by atoms with van der Waals surface area (Å²) in [6.45, 7) is 0.136. The predicted octanol–water partition coefficient (Wildman–Crippen LogP) is 3.25. The van der Waals surface area contributed by atoms with Crippen LogP contribution in [0.25, 0.3) is 10.8 Å². The first-order valence-electron chi connectivity index (χ1n) is 8.80. The maximum Gasteiger partial charge on any atom is 0.338 e. The van der Waals surface area contributed by atoms with Gasteiger partial charge in [-0.05, 0) is 59.3 Å². The normalized spacial score (nSPS) is 12.9. The summed E-state index contributed by atoms with van der Waals surface area (Å²) >= 11 is 0. The van der Waals surface area contributed by atoms with Gasteiger partial charge in [-0.3, -0.25) is 0 Å². The predicted molar refractivity (Wildman–Crippen MR) is 105 cm³/mol. The van der Waals surface area contributed by atoms with Crippen molar-refractivity contribution in [3.05, 3.63) is 82.9 Å². The number of carbonyl (C=O) groups is 4. The molecule has 0 aliphatic carbocycles. The van der Waals surface area contributed by atoms with Gasteiger partial charge in [0.2, 0.25) is 0 Å². The second-order valence-corrected chi connectivity index (χ2v) is 6.24. The van der Waals surface area contributed by atoms with Gasteiger partial charge in [0, 0.05) is 0 Å². The van der Waals surface area contributed by atoms with Crippen LogP contribution >= 0.6 is 0 Å². The molecule has 3 aliphatic rings. The average molecular weight is 408 g/mol. The maximum absolute atomic E-state index is 11.7. The Morgan fingerprint density at radius 3 is 1.33 bits per heavy atom. The Morgan fingerprint density at radius 2 is 1.00 bits per heavy atom. The largest absolute Gasteiger partial charge is 0.478 e. The lowest BCUT2D eigenvalue weighted by Gasteiger charge is -2.10. The Bertz CT molecular complexity index is 1040. The molecule has 0 spiro atoms. The van der Waals surface area contributed by atoms with Crippen molar-refractivity contribution in [3.8, 4) is 0 Å². The SMILES string of the molecule is O=C(O)c1ccc(C(=O)O)cc1.O=C1OCCOC(=O)c2ccc3cc1ccc3c2. The highest BCUT2D eigenvalue weighted by Crippen LogP contribution is 2.19. The van der Waals surface area contributed by atoms with Crippen molar-refractivity contribution in [2.45, 2.75) is 0 Å². The van der Waals surface area contributed by atoms with Gasteiger partial charge in [0.1, 0.15) is 13.2 Å². The first-order chi connectivity index (χ1) is 14.3. The number of carboxylic acid groups (broad SMARTS) is 2. The van der Waals surface area contributed by atoms with E-state index in [-0.39, 0.29) is 24.3 Å². The monoisotopic (exact) mass is 408 g/mol. The third kappa shape index (κ3) is 4.79. The van der Waals surface area contributed by atoms with E-state index in [0.29, 0.717) is 11.1 Å². The first-order valence-corrected chi connectivity index (χ1v) is 8.80. The number of carboxylic acids is 2. The second-order valence-electron chi connectivity index (χ2n) is 6.24. The summed E-state index contributed by atoms with van der Waals surface area (Å²) in [4.78, 5) is 44.1. The Kier molecular flexibility index (Phi) is 6.07. The topological polar surface area (TPSA) is 127 Å². The van der Waals surface area contributed by atoms with Crippen LogP contribution in [-0.2, 0) is 9.47 Å². The molecule has 6 rings (SSSR count). The number of rotatable bonds is 2. The summed E-state index contributed by atoms with van der Waals surface area (Å²) in [5.41, 5.74) is 1.17. The standard InChI is InChI=1S/C14H10O4.C8H6O4/c15-13-11-3-1-9-7-12(4-2-10(9)8-11)14(16)18-6-5-17-13;9-7(10)5-1-2-6(4-3-5)8(11)12/h1-4,7-8H,5-6H2;1-4H,(H,9,10)(H,11,12). The Labute approximate surface area is 170 Å². The van der Waals surface area contributed by atoms with Crippen LogP contribution in [0.5, 0.6) is 0 Å². The van der Waals surface area contributed by atoms with E-state index in [4.69, 9.17) is 19.7 Å². The lowest BCUT2D eigenvalue weighted by Crippen LogP contribution is -2.15. The van der Waals surface area contributed by atoms with E-state index in [1.54, 1.807) is 36.4 Å². The molecule has 8 nitrogen and oxygen atoms in total. The van der Waals surface area contributed by atoms with Crippen LogP contribution in [0.4, 0.5) is 0 Å². The number of benzene rings is 3. The molecule has 3 aromatic carbocycles. The third-order valence-electron chi connectivity index (χ3n) is 4.24. The second kappa shape index (κ2) is 8.87. The molecule has 4 bridgehead atoms. The first kappa shape index (κ1) is 20.5. The van der Waals surface area contributed by atoms with Gasteiger partial charge in [-0.2, -0.15) is 0 Å². The fraction of sp³-hybridized carbons (Fsp3) is 0.0909. The molecule has 0 atom stereocenters. The van der Waals surface area contributed by atoms with Crippen LogP contribution in [0.1, 0.15) is 41.4 Å². The smallest absolute Gasteiger partial charge is 0.338 e. The number of ether oxygens (including phenoxy) is 2. The minimum Gasteiger partial charge on any atom is -0.478 e. The molecule has 3 aromatic rings. The summed E-state index contributed by atoms with van der Waals surface area (Å²) < 4.78 is 9.99. The van der Waals surface area contributed by atoms with Crippen molar-refractivity contribution >= 4 is 34.6 Å². The Balaban J connectivity index is 0.000000187. The number of carbonyl (C=O) groups excluding carboxylic acids is 2. The van der Waals surface area contributed by atoms with Crippen molar-refractivity contribution in [2.24, 2.45) is 0 Å². The van der Waals surface area contributed by atoms with Gasteiger partial charge in [-0.15, -0.1) is 0 Å². The lowest BCUT2D eigenvalue weighted by atomic mass is 10.0. The quantitative estimate of drug-likeness (QED) is 0.619. The van der Waals surface area contributed by atoms with E-state index in [1.165, 1.54) is 24.3 Å². The molecule has 3 aliphatic heterocycles. The van der Waals surface area contributed by atoms with Crippen molar-refractivity contribution in [3.63, 3.8) is 0 Å². The summed E-state index contributed by atoms with van der Waals surface area (Å²) in [5.74, 6) is -2.94. The minimum atomic E-state index is -1.06.